The van der Waals surface area contributed by atoms with E-state index in [-0.39, 0.29) is 6.54 Å². The molecular weight excluding hydrogens is 244 g/mol. The lowest BCUT2D eigenvalue weighted by atomic mass is 10.2. The maximum absolute atomic E-state index is 11.3. The molecular formula is C9H12N4O5. The number of aromatic nitrogens is 2. The molecule has 1 heterocycles. The van der Waals surface area contributed by atoms with Gasteiger partial charge in [0.15, 0.2) is 0 Å². The van der Waals surface area contributed by atoms with Gasteiger partial charge in [-0.2, -0.15) is 0 Å². The molecule has 1 aromatic heterocycles. The maximum Gasteiger partial charge on any atom is 0.326 e. The summed E-state index contributed by atoms with van der Waals surface area (Å²) in [5.41, 5.74) is 0.634. The van der Waals surface area contributed by atoms with E-state index in [9.17, 15) is 14.4 Å². The molecule has 0 aliphatic rings. The molecule has 9 heteroatoms. The molecule has 0 aliphatic heterocycles. The number of amides is 2. The summed E-state index contributed by atoms with van der Waals surface area (Å²) in [5, 5.41) is 21.6. The molecule has 0 aliphatic carbocycles. The van der Waals surface area contributed by atoms with E-state index < -0.39 is 30.4 Å². The fourth-order valence-corrected chi connectivity index (χ4v) is 1.14. The number of rotatable bonds is 6. The summed E-state index contributed by atoms with van der Waals surface area (Å²) in [6.07, 6.45) is 2.23. The summed E-state index contributed by atoms with van der Waals surface area (Å²) in [6, 6.07) is -2.23. The Bertz CT molecular complexity index is 430. The zero-order valence-corrected chi connectivity index (χ0v) is 9.21. The Kier molecular flexibility index (Phi) is 4.67. The van der Waals surface area contributed by atoms with E-state index in [1.807, 2.05) is 5.32 Å². The highest BCUT2D eigenvalue weighted by Gasteiger charge is 2.22. The quantitative estimate of drug-likeness (QED) is 0.447. The molecule has 0 unspecified atom stereocenters. The van der Waals surface area contributed by atoms with Gasteiger partial charge in [-0.25, -0.2) is 14.6 Å². The zero-order valence-electron chi connectivity index (χ0n) is 9.21. The molecule has 0 saturated heterocycles. The first-order chi connectivity index (χ1) is 8.49. The first kappa shape index (κ1) is 13.5. The van der Waals surface area contributed by atoms with E-state index in [1.54, 1.807) is 0 Å². The van der Waals surface area contributed by atoms with Gasteiger partial charge in [0.2, 0.25) is 0 Å². The summed E-state index contributed by atoms with van der Waals surface area (Å²) in [6.45, 7) is 0.130. The minimum atomic E-state index is -1.47. The summed E-state index contributed by atoms with van der Waals surface area (Å²) in [5.74, 6) is -2.72. The molecule has 1 aromatic rings. The maximum atomic E-state index is 11.3. The molecule has 5 N–H and O–H groups in total. The van der Waals surface area contributed by atoms with Gasteiger partial charge in [0, 0.05) is 6.20 Å². The number of hydrogen-bond donors (Lipinski definition) is 5. The average Bonchev–Trinajstić information content (AvgIpc) is 2.77. The van der Waals surface area contributed by atoms with Crippen LogP contribution in [-0.2, 0) is 16.1 Å². The first-order valence-corrected chi connectivity index (χ1v) is 4.95. The van der Waals surface area contributed by atoms with Crippen LogP contribution in [0.3, 0.4) is 0 Å². The van der Waals surface area contributed by atoms with Gasteiger partial charge in [0.05, 0.1) is 25.0 Å². The highest BCUT2D eigenvalue weighted by Crippen LogP contribution is 1.94. The van der Waals surface area contributed by atoms with Gasteiger partial charge in [0.25, 0.3) is 0 Å². The van der Waals surface area contributed by atoms with Crippen molar-refractivity contribution in [2.75, 3.05) is 0 Å². The Balaban J connectivity index is 2.41. The Morgan fingerprint density at radius 3 is 2.61 bits per heavy atom. The van der Waals surface area contributed by atoms with Gasteiger partial charge >= 0.3 is 18.0 Å². The van der Waals surface area contributed by atoms with Crippen LogP contribution in [0.2, 0.25) is 0 Å². The van der Waals surface area contributed by atoms with Crippen LogP contribution in [0.15, 0.2) is 12.5 Å². The van der Waals surface area contributed by atoms with Crippen molar-refractivity contribution in [1.29, 1.82) is 0 Å². The smallest absolute Gasteiger partial charge is 0.326 e. The number of nitrogens with zero attached hydrogens (tertiary/aromatic N) is 1. The van der Waals surface area contributed by atoms with Crippen LogP contribution in [0.4, 0.5) is 4.79 Å². The van der Waals surface area contributed by atoms with Crippen LogP contribution >= 0.6 is 0 Å². The van der Waals surface area contributed by atoms with E-state index >= 15 is 0 Å². The number of urea groups is 1. The van der Waals surface area contributed by atoms with Crippen molar-refractivity contribution >= 4 is 18.0 Å². The number of carbonyl (C=O) groups is 3. The number of aromatic amines is 1. The molecule has 0 fully saturated rings. The van der Waals surface area contributed by atoms with Gasteiger partial charge in [-0.05, 0) is 0 Å². The monoisotopic (exact) mass is 256 g/mol. The number of aliphatic carboxylic acids is 2. The Hall–Kier alpha value is -2.58. The lowest BCUT2D eigenvalue weighted by Gasteiger charge is -2.12. The van der Waals surface area contributed by atoms with Crippen molar-refractivity contribution in [1.82, 2.24) is 20.6 Å². The van der Waals surface area contributed by atoms with Gasteiger partial charge < -0.3 is 25.8 Å². The number of hydrogen-bond acceptors (Lipinski definition) is 4. The second-order valence-corrected chi connectivity index (χ2v) is 3.39. The summed E-state index contributed by atoms with van der Waals surface area (Å²) in [7, 11) is 0. The van der Waals surface area contributed by atoms with Crippen molar-refractivity contribution in [3.63, 3.8) is 0 Å². The number of nitrogens with one attached hydrogen (secondary N) is 3. The van der Waals surface area contributed by atoms with Gasteiger partial charge in [-0.15, -0.1) is 0 Å². The van der Waals surface area contributed by atoms with Crippen LogP contribution in [0, 0.1) is 0 Å². The van der Waals surface area contributed by atoms with E-state index in [1.165, 1.54) is 12.5 Å². The van der Waals surface area contributed by atoms with Crippen molar-refractivity contribution in [2.24, 2.45) is 0 Å². The number of H-pyrrole nitrogens is 1. The lowest BCUT2D eigenvalue weighted by molar-refractivity contribution is -0.145. The third-order valence-electron chi connectivity index (χ3n) is 1.98. The molecule has 0 aromatic carbocycles. The highest BCUT2D eigenvalue weighted by atomic mass is 16.4. The Morgan fingerprint density at radius 1 is 1.39 bits per heavy atom. The average molecular weight is 256 g/mol. The Morgan fingerprint density at radius 2 is 2.11 bits per heavy atom. The highest BCUT2D eigenvalue weighted by molar-refractivity contribution is 5.86. The standard InChI is InChI=1S/C9H12N4O5/c14-7(15)1-6(8(16)17)13-9(18)11-3-5-2-10-4-12-5/h2,4,6H,1,3H2,(H,10,12)(H,14,15)(H,16,17)(H2,11,13,18)/t6-/m1/s1. The van der Waals surface area contributed by atoms with E-state index in [0.717, 1.165) is 0 Å². The zero-order chi connectivity index (χ0) is 13.5. The molecule has 0 radical (unpaired) electrons. The fraction of sp³-hybridized carbons (Fsp3) is 0.333. The van der Waals surface area contributed by atoms with E-state index in [0.29, 0.717) is 5.69 Å². The van der Waals surface area contributed by atoms with Crippen LogP contribution in [0.25, 0.3) is 0 Å². The van der Waals surface area contributed by atoms with Crippen molar-refractivity contribution in [3.05, 3.63) is 18.2 Å². The summed E-state index contributed by atoms with van der Waals surface area (Å²) < 4.78 is 0. The minimum Gasteiger partial charge on any atom is -0.481 e. The second-order valence-electron chi connectivity index (χ2n) is 3.39. The van der Waals surface area contributed by atoms with Crippen molar-refractivity contribution in [3.8, 4) is 0 Å². The number of imidazole rings is 1. The number of carboxylic acid groups (broad SMARTS) is 2. The van der Waals surface area contributed by atoms with Crippen LogP contribution < -0.4 is 10.6 Å². The summed E-state index contributed by atoms with van der Waals surface area (Å²) >= 11 is 0. The lowest BCUT2D eigenvalue weighted by Crippen LogP contribution is -2.46. The number of carboxylic acids is 2. The predicted molar refractivity (Wildman–Crippen MR) is 57.6 cm³/mol. The van der Waals surface area contributed by atoms with Gasteiger partial charge in [0.1, 0.15) is 6.04 Å². The van der Waals surface area contributed by atoms with Crippen LogP contribution in [0.1, 0.15) is 12.1 Å². The Labute approximate surface area is 101 Å². The first-order valence-electron chi connectivity index (χ1n) is 4.95. The SMILES string of the molecule is O=C(O)C[C@@H](NC(=O)NCc1cnc[nH]1)C(=O)O. The van der Waals surface area contributed by atoms with Gasteiger partial charge in [-0.3, -0.25) is 4.79 Å². The second kappa shape index (κ2) is 6.23. The van der Waals surface area contributed by atoms with Crippen LogP contribution in [-0.4, -0.2) is 44.2 Å². The molecule has 1 atom stereocenters. The molecule has 18 heavy (non-hydrogen) atoms. The predicted octanol–water partition coefficient (Wildman–Crippen LogP) is -0.863. The third kappa shape index (κ3) is 4.51. The molecule has 98 valence electrons. The molecule has 0 spiro atoms. The van der Waals surface area contributed by atoms with Crippen LogP contribution in [0.5, 0.6) is 0 Å². The normalized spacial score (nSPS) is 11.6. The molecule has 0 bridgehead atoms. The van der Waals surface area contributed by atoms with Crippen molar-refractivity contribution < 1.29 is 24.6 Å². The third-order valence-corrected chi connectivity index (χ3v) is 1.98. The minimum absolute atomic E-state index is 0.130. The molecule has 0 saturated carbocycles. The van der Waals surface area contributed by atoms with Gasteiger partial charge in [-0.1, -0.05) is 0 Å². The fourth-order valence-electron chi connectivity index (χ4n) is 1.14. The molecule has 9 nitrogen and oxygen atoms in total. The van der Waals surface area contributed by atoms with Crippen molar-refractivity contribution in [2.45, 2.75) is 19.0 Å². The van der Waals surface area contributed by atoms with E-state index in [2.05, 4.69) is 15.3 Å². The molecule has 1 rings (SSSR count). The van der Waals surface area contributed by atoms with E-state index in [4.69, 9.17) is 10.2 Å². The molecule has 2 amide bonds. The topological polar surface area (TPSA) is 144 Å². The number of carbonyl (C=O) groups excluding carboxylic acids is 1. The largest absolute Gasteiger partial charge is 0.481 e. The summed E-state index contributed by atoms with van der Waals surface area (Å²) in [4.78, 5) is 38.9.